The van der Waals surface area contributed by atoms with E-state index in [1.165, 1.54) is 0 Å². The van der Waals surface area contributed by atoms with Crippen LogP contribution < -0.4 is 0 Å². The maximum Gasteiger partial charge on any atom is 0.308 e. The van der Waals surface area contributed by atoms with Crippen molar-refractivity contribution in [3.05, 3.63) is 35.9 Å². The van der Waals surface area contributed by atoms with Crippen molar-refractivity contribution in [3.63, 3.8) is 0 Å². The van der Waals surface area contributed by atoms with Crippen LogP contribution in [-0.4, -0.2) is 11.7 Å². The summed E-state index contributed by atoms with van der Waals surface area (Å²) in [5, 5.41) is 0. The fraction of sp³-hybridized carbons (Fsp3) is 0.400. The average molecular weight is 250 g/mol. The van der Waals surface area contributed by atoms with Crippen LogP contribution in [0.1, 0.15) is 43.0 Å². The van der Waals surface area contributed by atoms with Gasteiger partial charge >= 0.3 is 5.92 Å². The first kappa shape index (κ1) is 14.4. The van der Waals surface area contributed by atoms with E-state index in [1.807, 2.05) is 12.8 Å². The van der Waals surface area contributed by atoms with Gasteiger partial charge in [0.1, 0.15) is 0 Å². The Hall–Kier alpha value is -1.69. The summed E-state index contributed by atoms with van der Waals surface area (Å²) >= 11 is 0. The molecule has 0 N–H and O–H groups in total. The predicted molar refractivity (Wildman–Crippen MR) is 67.6 cm³/mol. The Bertz CT molecular complexity index is 441. The van der Waals surface area contributed by atoms with Crippen LogP contribution >= 0.6 is 0 Å². The summed E-state index contributed by atoms with van der Waals surface area (Å²) < 4.78 is 26.6. The Morgan fingerprint density at radius 2 is 1.89 bits per heavy atom. The molecule has 96 valence electrons. The third-order valence-electron chi connectivity index (χ3n) is 2.49. The van der Waals surface area contributed by atoms with Gasteiger partial charge in [0.2, 0.25) is 5.78 Å². The monoisotopic (exact) mass is 250 g/mol. The highest BCUT2D eigenvalue weighted by molar-refractivity contribution is 6.09. The third kappa shape index (κ3) is 5.09. The van der Waals surface area contributed by atoms with Gasteiger partial charge in [-0.3, -0.25) is 4.79 Å². The maximum absolute atomic E-state index is 13.3. The van der Waals surface area contributed by atoms with Gasteiger partial charge in [0.15, 0.2) is 0 Å². The molecule has 1 rings (SSSR count). The number of carbonyl (C=O) groups excluding carboxylic acids is 1. The zero-order valence-electron chi connectivity index (χ0n) is 10.4. The number of carbonyl (C=O) groups is 1. The van der Waals surface area contributed by atoms with E-state index < -0.39 is 11.7 Å². The Kier molecular flexibility index (Phi) is 5.51. The SMILES string of the molecule is CCCCCC(F)(F)C#CC(=O)c1ccccc1. The molecule has 0 aliphatic carbocycles. The van der Waals surface area contributed by atoms with E-state index in [-0.39, 0.29) is 6.42 Å². The first-order chi connectivity index (χ1) is 8.55. The lowest BCUT2D eigenvalue weighted by Crippen LogP contribution is -2.13. The van der Waals surface area contributed by atoms with Crippen molar-refractivity contribution in [2.75, 3.05) is 0 Å². The van der Waals surface area contributed by atoms with Crippen LogP contribution in [-0.2, 0) is 0 Å². The lowest BCUT2D eigenvalue weighted by molar-refractivity contribution is 0.0535. The van der Waals surface area contributed by atoms with Crippen molar-refractivity contribution in [2.45, 2.75) is 38.5 Å². The molecule has 18 heavy (non-hydrogen) atoms. The quantitative estimate of drug-likeness (QED) is 0.333. The van der Waals surface area contributed by atoms with Gasteiger partial charge in [-0.05, 0) is 18.3 Å². The van der Waals surface area contributed by atoms with Gasteiger partial charge in [0.05, 0.1) is 0 Å². The van der Waals surface area contributed by atoms with E-state index in [1.54, 1.807) is 36.3 Å². The van der Waals surface area contributed by atoms with Gasteiger partial charge in [-0.1, -0.05) is 50.1 Å². The normalized spacial score (nSPS) is 10.6. The van der Waals surface area contributed by atoms with Crippen molar-refractivity contribution in [2.24, 2.45) is 0 Å². The number of Topliss-reactive ketones (excluding diaryl/α,β-unsaturated/α-hetero) is 1. The van der Waals surface area contributed by atoms with Crippen molar-refractivity contribution in [1.29, 1.82) is 0 Å². The van der Waals surface area contributed by atoms with E-state index in [2.05, 4.69) is 0 Å². The fourth-order valence-corrected chi connectivity index (χ4v) is 1.47. The molecule has 0 aromatic heterocycles. The molecule has 0 bridgehead atoms. The second-order valence-corrected chi connectivity index (χ2v) is 4.11. The van der Waals surface area contributed by atoms with E-state index in [0.717, 1.165) is 12.8 Å². The summed E-state index contributed by atoms with van der Waals surface area (Å²) in [5.74, 6) is 0.177. The van der Waals surface area contributed by atoms with E-state index in [0.29, 0.717) is 12.0 Å². The summed E-state index contributed by atoms with van der Waals surface area (Å²) in [7, 11) is 0. The summed E-state index contributed by atoms with van der Waals surface area (Å²) in [6, 6.07) is 8.23. The number of benzene rings is 1. The predicted octanol–water partition coefficient (Wildman–Crippen LogP) is 4.09. The zero-order valence-corrected chi connectivity index (χ0v) is 10.4. The summed E-state index contributed by atoms with van der Waals surface area (Å²) in [6.07, 6.45) is 1.78. The standard InChI is InChI=1S/C15H16F2O/c1-2-3-7-11-15(16,17)12-10-14(18)13-8-5-4-6-9-13/h4-6,8-9H,2-3,7,11H2,1H3. The molecular formula is C15H16F2O. The molecule has 0 unspecified atom stereocenters. The molecule has 1 aromatic carbocycles. The lowest BCUT2D eigenvalue weighted by atomic mass is 10.1. The number of ketones is 1. The molecule has 0 heterocycles. The highest BCUT2D eigenvalue weighted by atomic mass is 19.3. The number of hydrogen-bond acceptors (Lipinski definition) is 1. The smallest absolute Gasteiger partial charge is 0.279 e. The average Bonchev–Trinajstić information content (AvgIpc) is 2.37. The molecule has 0 radical (unpaired) electrons. The molecule has 1 nitrogen and oxygen atoms in total. The molecule has 0 fully saturated rings. The second kappa shape index (κ2) is 6.90. The second-order valence-electron chi connectivity index (χ2n) is 4.11. The van der Waals surface area contributed by atoms with Gasteiger partial charge in [0, 0.05) is 12.0 Å². The summed E-state index contributed by atoms with van der Waals surface area (Å²) in [5.41, 5.74) is 0.342. The Balaban J connectivity index is 2.61. The Morgan fingerprint density at radius 3 is 2.50 bits per heavy atom. The van der Waals surface area contributed by atoms with Crippen molar-refractivity contribution >= 4 is 5.78 Å². The van der Waals surface area contributed by atoms with Crippen LogP contribution in [0, 0.1) is 11.8 Å². The molecule has 0 aliphatic rings. The van der Waals surface area contributed by atoms with Gasteiger partial charge < -0.3 is 0 Å². The summed E-state index contributed by atoms with van der Waals surface area (Å²) in [4.78, 5) is 11.5. The Labute approximate surface area is 106 Å². The Morgan fingerprint density at radius 1 is 1.22 bits per heavy atom. The van der Waals surface area contributed by atoms with Gasteiger partial charge in [-0.15, -0.1) is 0 Å². The first-order valence-corrected chi connectivity index (χ1v) is 6.05. The number of alkyl halides is 2. The van der Waals surface area contributed by atoms with Crippen LogP contribution in [0.3, 0.4) is 0 Å². The molecule has 0 amide bonds. The van der Waals surface area contributed by atoms with Crippen LogP contribution in [0.2, 0.25) is 0 Å². The number of unbranched alkanes of at least 4 members (excludes halogenated alkanes) is 2. The van der Waals surface area contributed by atoms with Crippen molar-refractivity contribution in [1.82, 2.24) is 0 Å². The number of hydrogen-bond donors (Lipinski definition) is 0. The highest BCUT2D eigenvalue weighted by Crippen LogP contribution is 2.20. The molecule has 0 saturated heterocycles. The van der Waals surface area contributed by atoms with Crippen LogP contribution in [0.25, 0.3) is 0 Å². The van der Waals surface area contributed by atoms with E-state index in [9.17, 15) is 13.6 Å². The van der Waals surface area contributed by atoms with E-state index in [4.69, 9.17) is 0 Å². The minimum absolute atomic E-state index is 0.282. The van der Waals surface area contributed by atoms with Gasteiger partial charge in [0.25, 0.3) is 0 Å². The van der Waals surface area contributed by atoms with Gasteiger partial charge in [-0.2, -0.15) is 8.78 Å². The summed E-state index contributed by atoms with van der Waals surface area (Å²) in [6.45, 7) is 1.95. The number of halogens is 2. The van der Waals surface area contributed by atoms with Crippen molar-refractivity contribution in [3.8, 4) is 11.8 Å². The molecule has 0 aliphatic heterocycles. The number of rotatable bonds is 5. The van der Waals surface area contributed by atoms with Gasteiger partial charge in [-0.25, -0.2) is 0 Å². The molecule has 1 aromatic rings. The maximum atomic E-state index is 13.3. The van der Waals surface area contributed by atoms with Crippen molar-refractivity contribution < 1.29 is 13.6 Å². The van der Waals surface area contributed by atoms with E-state index >= 15 is 0 Å². The van der Waals surface area contributed by atoms with Crippen LogP contribution in [0.5, 0.6) is 0 Å². The zero-order chi connectivity index (χ0) is 13.4. The molecule has 0 spiro atoms. The highest BCUT2D eigenvalue weighted by Gasteiger charge is 2.24. The molecule has 3 heteroatoms. The molecular weight excluding hydrogens is 234 g/mol. The fourth-order valence-electron chi connectivity index (χ4n) is 1.47. The minimum atomic E-state index is -3.07. The molecule has 0 atom stereocenters. The molecule has 0 saturated carbocycles. The topological polar surface area (TPSA) is 17.1 Å². The minimum Gasteiger partial charge on any atom is -0.279 e. The van der Waals surface area contributed by atoms with Crippen LogP contribution in [0.4, 0.5) is 8.78 Å². The van der Waals surface area contributed by atoms with Crippen LogP contribution in [0.15, 0.2) is 30.3 Å². The largest absolute Gasteiger partial charge is 0.308 e. The third-order valence-corrected chi connectivity index (χ3v) is 2.49. The first-order valence-electron chi connectivity index (χ1n) is 6.05. The lowest BCUT2D eigenvalue weighted by Gasteiger charge is -2.07.